The molecule has 0 aromatic heterocycles. The van der Waals surface area contributed by atoms with Gasteiger partial charge in [-0.2, -0.15) is 0 Å². The lowest BCUT2D eigenvalue weighted by molar-refractivity contribution is -0.136. The van der Waals surface area contributed by atoms with Crippen molar-refractivity contribution in [2.45, 2.75) is 46.5 Å². The summed E-state index contributed by atoms with van der Waals surface area (Å²) in [5, 5.41) is 3.06. The molecule has 0 radical (unpaired) electrons. The van der Waals surface area contributed by atoms with Gasteiger partial charge in [-0.15, -0.1) is 0 Å². The number of hydrogen-bond donors (Lipinski definition) is 1. The summed E-state index contributed by atoms with van der Waals surface area (Å²) in [6, 6.07) is 0. The average Bonchev–Trinajstić information content (AvgIpc) is 3.27. The second-order valence-corrected chi connectivity index (χ2v) is 8.60. The van der Waals surface area contributed by atoms with Crippen molar-refractivity contribution in [3.05, 3.63) is 0 Å². The van der Waals surface area contributed by atoms with Gasteiger partial charge in [0.25, 0.3) is 0 Å². The standard InChI is InChI=1S/C18H33N3O2/c1-18(2,3)13-20(4)12-16(22)21-9-5-6-15(11-21)17(23)19-10-14-7-8-14/h14-15H,5-13H2,1-4H3,(H,19,23)/t15-/m1/s1. The minimum absolute atomic E-state index is 0.0284. The van der Waals surface area contributed by atoms with Crippen molar-refractivity contribution in [1.29, 1.82) is 0 Å². The maximum absolute atomic E-state index is 12.5. The Labute approximate surface area is 140 Å². The molecule has 2 aliphatic rings. The fraction of sp³-hybridized carbons (Fsp3) is 0.889. The monoisotopic (exact) mass is 323 g/mol. The molecule has 1 saturated heterocycles. The number of hydrogen-bond acceptors (Lipinski definition) is 3. The smallest absolute Gasteiger partial charge is 0.236 e. The molecule has 0 aromatic carbocycles. The zero-order valence-electron chi connectivity index (χ0n) is 15.2. The van der Waals surface area contributed by atoms with E-state index in [0.29, 0.717) is 19.0 Å². The topological polar surface area (TPSA) is 52.7 Å². The third-order valence-corrected chi connectivity index (χ3v) is 4.56. The van der Waals surface area contributed by atoms with Crippen LogP contribution in [0.25, 0.3) is 0 Å². The largest absolute Gasteiger partial charge is 0.356 e. The lowest BCUT2D eigenvalue weighted by atomic mass is 9.96. The SMILES string of the molecule is CN(CC(=O)N1CCC[C@@H](C(=O)NCC2CC2)C1)CC(C)(C)C. The minimum Gasteiger partial charge on any atom is -0.356 e. The number of nitrogens with zero attached hydrogens (tertiary/aromatic N) is 2. The van der Waals surface area contributed by atoms with E-state index in [2.05, 4.69) is 31.0 Å². The Balaban J connectivity index is 1.77. The predicted molar refractivity (Wildman–Crippen MR) is 92.0 cm³/mol. The Morgan fingerprint density at radius 3 is 2.52 bits per heavy atom. The van der Waals surface area contributed by atoms with Gasteiger partial charge in [0.15, 0.2) is 0 Å². The highest BCUT2D eigenvalue weighted by Gasteiger charge is 2.30. The molecule has 0 bridgehead atoms. The van der Waals surface area contributed by atoms with Crippen LogP contribution in [0.5, 0.6) is 0 Å². The molecule has 2 rings (SSSR count). The molecule has 1 saturated carbocycles. The van der Waals surface area contributed by atoms with E-state index in [-0.39, 0.29) is 23.1 Å². The van der Waals surface area contributed by atoms with Crippen molar-refractivity contribution in [3.63, 3.8) is 0 Å². The molecular weight excluding hydrogens is 290 g/mol. The number of likely N-dealkylation sites (N-methyl/N-ethyl adjacent to an activating group) is 1. The molecule has 1 N–H and O–H groups in total. The molecule has 0 aromatic rings. The van der Waals surface area contributed by atoms with E-state index in [1.165, 1.54) is 12.8 Å². The summed E-state index contributed by atoms with van der Waals surface area (Å²) in [6.45, 7) is 10.0. The van der Waals surface area contributed by atoms with Crippen LogP contribution in [-0.2, 0) is 9.59 Å². The first-order valence-electron chi connectivity index (χ1n) is 8.98. The van der Waals surface area contributed by atoms with E-state index in [4.69, 9.17) is 0 Å². The van der Waals surface area contributed by atoms with E-state index < -0.39 is 0 Å². The fourth-order valence-electron chi connectivity index (χ4n) is 3.33. The number of rotatable bonds is 6. The third kappa shape index (κ3) is 6.50. The van der Waals surface area contributed by atoms with Crippen molar-refractivity contribution >= 4 is 11.8 Å². The molecule has 1 aliphatic carbocycles. The highest BCUT2D eigenvalue weighted by atomic mass is 16.2. The second-order valence-electron chi connectivity index (χ2n) is 8.60. The van der Waals surface area contributed by atoms with Crippen molar-refractivity contribution in [1.82, 2.24) is 15.1 Å². The number of likely N-dealkylation sites (tertiary alicyclic amines) is 1. The van der Waals surface area contributed by atoms with Gasteiger partial charge < -0.3 is 10.2 Å². The zero-order valence-corrected chi connectivity index (χ0v) is 15.2. The molecule has 1 aliphatic heterocycles. The summed E-state index contributed by atoms with van der Waals surface area (Å²) in [6.07, 6.45) is 4.32. The number of carbonyl (C=O) groups is 2. The van der Waals surface area contributed by atoms with Crippen LogP contribution >= 0.6 is 0 Å². The maximum atomic E-state index is 12.5. The Kier molecular flexibility index (Phi) is 6.06. The van der Waals surface area contributed by atoms with Crippen LogP contribution in [0.15, 0.2) is 0 Å². The highest BCUT2D eigenvalue weighted by Crippen LogP contribution is 2.28. The first-order valence-corrected chi connectivity index (χ1v) is 8.98. The van der Waals surface area contributed by atoms with Crippen molar-refractivity contribution < 1.29 is 9.59 Å². The summed E-state index contributed by atoms with van der Waals surface area (Å²) in [4.78, 5) is 28.7. The molecule has 1 atom stereocenters. The van der Waals surface area contributed by atoms with Gasteiger partial charge in [-0.25, -0.2) is 0 Å². The summed E-state index contributed by atoms with van der Waals surface area (Å²) >= 11 is 0. The van der Waals surface area contributed by atoms with Crippen LogP contribution in [0.3, 0.4) is 0 Å². The van der Waals surface area contributed by atoms with Gasteiger partial charge in [-0.1, -0.05) is 20.8 Å². The van der Waals surface area contributed by atoms with Crippen molar-refractivity contribution in [2.24, 2.45) is 17.3 Å². The van der Waals surface area contributed by atoms with Gasteiger partial charge in [-0.3, -0.25) is 14.5 Å². The molecule has 0 unspecified atom stereocenters. The van der Waals surface area contributed by atoms with Gasteiger partial charge in [0.1, 0.15) is 0 Å². The van der Waals surface area contributed by atoms with Crippen molar-refractivity contribution in [2.75, 3.05) is 39.8 Å². The number of carbonyl (C=O) groups excluding carboxylic acids is 2. The summed E-state index contributed by atoms with van der Waals surface area (Å²) in [5.41, 5.74) is 0.183. The molecule has 23 heavy (non-hydrogen) atoms. The Morgan fingerprint density at radius 2 is 1.91 bits per heavy atom. The number of amides is 2. The highest BCUT2D eigenvalue weighted by molar-refractivity contribution is 5.82. The fourth-order valence-corrected chi connectivity index (χ4v) is 3.33. The number of nitrogens with one attached hydrogen (secondary N) is 1. The van der Waals surface area contributed by atoms with Gasteiger partial charge in [-0.05, 0) is 44.1 Å². The van der Waals surface area contributed by atoms with Crippen LogP contribution < -0.4 is 5.32 Å². The minimum atomic E-state index is -0.0284. The zero-order chi connectivity index (χ0) is 17.0. The van der Waals surface area contributed by atoms with E-state index in [1.807, 2.05) is 11.9 Å². The first kappa shape index (κ1) is 18.2. The summed E-state index contributed by atoms with van der Waals surface area (Å²) in [7, 11) is 1.99. The Bertz CT molecular complexity index is 426. The van der Waals surface area contributed by atoms with E-state index in [1.54, 1.807) is 0 Å². The average molecular weight is 323 g/mol. The first-order chi connectivity index (χ1) is 10.7. The van der Waals surface area contributed by atoms with Gasteiger partial charge in [0.2, 0.25) is 11.8 Å². The quantitative estimate of drug-likeness (QED) is 0.810. The van der Waals surface area contributed by atoms with Gasteiger partial charge >= 0.3 is 0 Å². The molecule has 132 valence electrons. The molecule has 0 spiro atoms. The van der Waals surface area contributed by atoms with Crippen LogP contribution in [0.2, 0.25) is 0 Å². The lowest BCUT2D eigenvalue weighted by Gasteiger charge is -2.34. The molecule has 5 heteroatoms. The van der Waals surface area contributed by atoms with Crippen LogP contribution in [0.4, 0.5) is 0 Å². The van der Waals surface area contributed by atoms with Gasteiger partial charge in [0.05, 0.1) is 12.5 Å². The predicted octanol–water partition coefficient (Wildman–Crippen LogP) is 1.73. The van der Waals surface area contributed by atoms with E-state index in [9.17, 15) is 9.59 Å². The normalized spacial score (nSPS) is 22.3. The summed E-state index contributed by atoms with van der Waals surface area (Å²) in [5.74, 6) is 0.958. The molecule has 5 nitrogen and oxygen atoms in total. The molecular formula is C18H33N3O2. The Morgan fingerprint density at radius 1 is 1.22 bits per heavy atom. The maximum Gasteiger partial charge on any atom is 0.236 e. The van der Waals surface area contributed by atoms with Gasteiger partial charge in [0, 0.05) is 26.2 Å². The van der Waals surface area contributed by atoms with Crippen LogP contribution in [0.1, 0.15) is 46.5 Å². The van der Waals surface area contributed by atoms with Crippen LogP contribution in [0, 0.1) is 17.3 Å². The number of piperidine rings is 1. The molecule has 1 heterocycles. The molecule has 2 fully saturated rings. The third-order valence-electron chi connectivity index (χ3n) is 4.56. The Hall–Kier alpha value is -1.10. The molecule has 2 amide bonds. The van der Waals surface area contributed by atoms with E-state index in [0.717, 1.165) is 32.5 Å². The van der Waals surface area contributed by atoms with E-state index >= 15 is 0 Å². The van der Waals surface area contributed by atoms with Crippen LogP contribution in [-0.4, -0.2) is 61.4 Å². The second kappa shape index (κ2) is 7.65. The van der Waals surface area contributed by atoms with Crippen molar-refractivity contribution in [3.8, 4) is 0 Å². The lowest BCUT2D eigenvalue weighted by Crippen LogP contribution is -2.48. The summed E-state index contributed by atoms with van der Waals surface area (Å²) < 4.78 is 0.